The molecule has 4 aromatic rings. The molecule has 0 aliphatic carbocycles. The highest BCUT2D eigenvalue weighted by molar-refractivity contribution is 6.31. The fourth-order valence-electron chi connectivity index (χ4n) is 3.18. The van der Waals surface area contributed by atoms with Crippen molar-refractivity contribution in [1.82, 2.24) is 19.5 Å². The molecule has 0 bridgehead atoms. The number of aryl methyl sites for hydroxylation is 2. The van der Waals surface area contributed by atoms with Crippen molar-refractivity contribution in [2.75, 3.05) is 12.4 Å². The third-order valence-corrected chi connectivity index (χ3v) is 5.37. The molecule has 2 aromatic carbocycles. The SMILES string of the molecule is COc1cc(Cl)c(C)cc1NC(=O)Cn1cnc2nc(-c3ccc(C)cc3)ncc2c1=O. The number of methoxy groups -OCH3 is 1. The van der Waals surface area contributed by atoms with Crippen LogP contribution in [0.5, 0.6) is 5.75 Å². The van der Waals surface area contributed by atoms with E-state index in [1.165, 1.54) is 24.2 Å². The van der Waals surface area contributed by atoms with Gasteiger partial charge in [0.2, 0.25) is 5.91 Å². The van der Waals surface area contributed by atoms with E-state index in [1.54, 1.807) is 12.1 Å². The number of ether oxygens (including phenoxy) is 1. The number of anilines is 1. The Kier molecular flexibility index (Phi) is 5.87. The molecule has 0 saturated heterocycles. The Hall–Kier alpha value is -3.78. The summed E-state index contributed by atoms with van der Waals surface area (Å²) in [5.41, 5.74) is 3.07. The average Bonchev–Trinajstić information content (AvgIpc) is 2.78. The average molecular weight is 450 g/mol. The Morgan fingerprint density at radius 3 is 2.62 bits per heavy atom. The van der Waals surface area contributed by atoms with Gasteiger partial charge in [-0.05, 0) is 25.5 Å². The van der Waals surface area contributed by atoms with E-state index in [2.05, 4.69) is 20.3 Å². The summed E-state index contributed by atoms with van der Waals surface area (Å²) < 4.78 is 6.48. The van der Waals surface area contributed by atoms with Gasteiger partial charge in [-0.2, -0.15) is 0 Å². The highest BCUT2D eigenvalue weighted by atomic mass is 35.5. The summed E-state index contributed by atoms with van der Waals surface area (Å²) in [5.74, 6) is 0.491. The molecule has 2 aromatic heterocycles. The summed E-state index contributed by atoms with van der Waals surface area (Å²) in [6.45, 7) is 3.59. The fraction of sp³-hybridized carbons (Fsp3) is 0.174. The standard InChI is InChI=1S/C23H20ClN5O3/c1-13-4-6-15(7-5-13)21-25-10-16-22(28-21)26-12-29(23(16)31)11-20(30)27-18-8-14(2)17(24)9-19(18)32-3/h4-10,12H,11H2,1-3H3,(H,27,30). The number of nitrogens with zero attached hydrogens (tertiary/aromatic N) is 4. The smallest absolute Gasteiger partial charge is 0.264 e. The van der Waals surface area contributed by atoms with Crippen LogP contribution in [0.4, 0.5) is 5.69 Å². The molecule has 4 rings (SSSR count). The Morgan fingerprint density at radius 2 is 1.91 bits per heavy atom. The van der Waals surface area contributed by atoms with Gasteiger partial charge in [-0.3, -0.25) is 14.2 Å². The zero-order chi connectivity index (χ0) is 22.8. The first-order valence-corrected chi connectivity index (χ1v) is 10.2. The third-order valence-electron chi connectivity index (χ3n) is 4.96. The van der Waals surface area contributed by atoms with Gasteiger partial charge >= 0.3 is 0 Å². The Bertz CT molecular complexity index is 1380. The summed E-state index contributed by atoms with van der Waals surface area (Å²) in [6, 6.07) is 11.1. The Labute approximate surface area is 188 Å². The zero-order valence-electron chi connectivity index (χ0n) is 17.7. The fourth-order valence-corrected chi connectivity index (χ4v) is 3.34. The molecule has 1 N–H and O–H groups in total. The number of benzene rings is 2. The molecule has 0 aliphatic rings. The summed E-state index contributed by atoms with van der Waals surface area (Å²) in [5, 5.41) is 3.51. The van der Waals surface area contributed by atoms with Crippen molar-refractivity contribution in [1.29, 1.82) is 0 Å². The van der Waals surface area contributed by atoms with E-state index in [1.807, 2.05) is 38.1 Å². The van der Waals surface area contributed by atoms with Gasteiger partial charge in [0, 0.05) is 22.8 Å². The van der Waals surface area contributed by atoms with E-state index >= 15 is 0 Å². The number of hydrogen-bond donors (Lipinski definition) is 1. The number of carbonyl (C=O) groups is 1. The maximum absolute atomic E-state index is 12.9. The van der Waals surface area contributed by atoms with Crippen LogP contribution in [0.2, 0.25) is 5.02 Å². The van der Waals surface area contributed by atoms with Gasteiger partial charge in [0.1, 0.15) is 24.0 Å². The lowest BCUT2D eigenvalue weighted by Crippen LogP contribution is -2.28. The van der Waals surface area contributed by atoms with E-state index in [0.717, 1.165) is 16.7 Å². The number of rotatable bonds is 5. The lowest BCUT2D eigenvalue weighted by atomic mass is 10.1. The first-order valence-electron chi connectivity index (χ1n) is 9.79. The largest absolute Gasteiger partial charge is 0.495 e. The second kappa shape index (κ2) is 8.76. The van der Waals surface area contributed by atoms with E-state index in [4.69, 9.17) is 16.3 Å². The summed E-state index contributed by atoms with van der Waals surface area (Å²) >= 11 is 6.11. The van der Waals surface area contributed by atoms with Crippen molar-refractivity contribution in [3.63, 3.8) is 0 Å². The molecular weight excluding hydrogens is 430 g/mol. The lowest BCUT2D eigenvalue weighted by molar-refractivity contribution is -0.116. The molecule has 8 nitrogen and oxygen atoms in total. The van der Waals surface area contributed by atoms with Gasteiger partial charge in [-0.1, -0.05) is 41.4 Å². The minimum atomic E-state index is -0.412. The molecule has 0 spiro atoms. The van der Waals surface area contributed by atoms with Crippen molar-refractivity contribution in [2.24, 2.45) is 0 Å². The number of amides is 1. The summed E-state index contributed by atoms with van der Waals surface area (Å²) in [4.78, 5) is 38.4. The maximum atomic E-state index is 12.9. The zero-order valence-corrected chi connectivity index (χ0v) is 18.5. The van der Waals surface area contributed by atoms with Gasteiger partial charge in [0.15, 0.2) is 11.5 Å². The summed E-state index contributed by atoms with van der Waals surface area (Å²) in [7, 11) is 1.49. The number of fused-ring (bicyclic) bond motifs is 1. The lowest BCUT2D eigenvalue weighted by Gasteiger charge is -2.13. The highest BCUT2D eigenvalue weighted by Gasteiger charge is 2.14. The number of carbonyl (C=O) groups excluding carboxylic acids is 1. The first-order chi connectivity index (χ1) is 15.4. The molecule has 0 unspecified atom stereocenters. The minimum absolute atomic E-state index is 0.230. The van der Waals surface area contributed by atoms with Crippen molar-refractivity contribution >= 4 is 34.2 Å². The predicted octanol–water partition coefficient (Wildman–Crippen LogP) is 3.77. The van der Waals surface area contributed by atoms with Crippen LogP contribution < -0.4 is 15.6 Å². The number of aromatic nitrogens is 4. The van der Waals surface area contributed by atoms with Gasteiger partial charge in [0.25, 0.3) is 5.56 Å². The van der Waals surface area contributed by atoms with Crippen molar-refractivity contribution in [2.45, 2.75) is 20.4 Å². The van der Waals surface area contributed by atoms with E-state index in [9.17, 15) is 9.59 Å². The molecule has 9 heteroatoms. The van der Waals surface area contributed by atoms with Crippen molar-refractivity contribution < 1.29 is 9.53 Å². The molecule has 1 amide bonds. The van der Waals surface area contributed by atoms with Crippen LogP contribution in [0.25, 0.3) is 22.4 Å². The van der Waals surface area contributed by atoms with Crippen LogP contribution in [0, 0.1) is 13.8 Å². The van der Waals surface area contributed by atoms with Crippen LogP contribution in [0.1, 0.15) is 11.1 Å². The number of nitrogens with one attached hydrogen (secondary N) is 1. The van der Waals surface area contributed by atoms with Gasteiger partial charge in [-0.15, -0.1) is 0 Å². The van der Waals surface area contributed by atoms with Gasteiger partial charge in [0.05, 0.1) is 12.8 Å². The molecular formula is C23H20ClN5O3. The Morgan fingerprint density at radius 1 is 1.16 bits per heavy atom. The third kappa shape index (κ3) is 4.31. The molecule has 2 heterocycles. The molecule has 32 heavy (non-hydrogen) atoms. The van der Waals surface area contributed by atoms with E-state index in [-0.39, 0.29) is 17.6 Å². The monoisotopic (exact) mass is 449 g/mol. The molecule has 0 atom stereocenters. The van der Waals surface area contributed by atoms with Crippen LogP contribution in [0.3, 0.4) is 0 Å². The maximum Gasteiger partial charge on any atom is 0.264 e. The second-order valence-electron chi connectivity index (χ2n) is 7.32. The first kappa shape index (κ1) is 21.5. The minimum Gasteiger partial charge on any atom is -0.495 e. The topological polar surface area (TPSA) is 99.0 Å². The molecule has 0 aliphatic heterocycles. The van der Waals surface area contributed by atoms with Gasteiger partial charge < -0.3 is 10.1 Å². The molecule has 0 saturated carbocycles. The number of hydrogen-bond acceptors (Lipinski definition) is 6. The van der Waals surface area contributed by atoms with Crippen LogP contribution in [0.15, 0.2) is 53.7 Å². The Balaban J connectivity index is 1.59. The van der Waals surface area contributed by atoms with E-state index in [0.29, 0.717) is 22.3 Å². The predicted molar refractivity (Wildman–Crippen MR) is 123 cm³/mol. The molecule has 0 radical (unpaired) electrons. The number of halogens is 1. The van der Waals surface area contributed by atoms with Crippen molar-refractivity contribution in [3.05, 3.63) is 75.4 Å². The van der Waals surface area contributed by atoms with E-state index < -0.39 is 11.5 Å². The second-order valence-corrected chi connectivity index (χ2v) is 7.73. The van der Waals surface area contributed by atoms with Crippen LogP contribution >= 0.6 is 11.6 Å². The summed E-state index contributed by atoms with van der Waals surface area (Å²) in [6.07, 6.45) is 2.74. The quantitative estimate of drug-likeness (QED) is 0.498. The molecule has 0 fully saturated rings. The molecule has 162 valence electrons. The van der Waals surface area contributed by atoms with Crippen LogP contribution in [-0.4, -0.2) is 32.5 Å². The normalized spacial score (nSPS) is 10.9. The highest BCUT2D eigenvalue weighted by Crippen LogP contribution is 2.30. The van der Waals surface area contributed by atoms with Crippen molar-refractivity contribution in [3.8, 4) is 17.1 Å². The van der Waals surface area contributed by atoms with Gasteiger partial charge in [-0.25, -0.2) is 15.0 Å². The van der Waals surface area contributed by atoms with Crippen LogP contribution in [-0.2, 0) is 11.3 Å².